The van der Waals surface area contributed by atoms with Gasteiger partial charge < -0.3 is 14.2 Å². The van der Waals surface area contributed by atoms with Crippen molar-refractivity contribution in [3.63, 3.8) is 0 Å². The van der Waals surface area contributed by atoms with Gasteiger partial charge in [-0.3, -0.25) is 14.4 Å². The van der Waals surface area contributed by atoms with Gasteiger partial charge in [0, 0.05) is 0 Å². The number of ether oxygens (including phenoxy) is 3. The van der Waals surface area contributed by atoms with E-state index in [0.717, 1.165) is 0 Å². The number of carbonyl (C=O) groups is 3. The Hall–Kier alpha value is -1.59. The van der Waals surface area contributed by atoms with E-state index in [4.69, 9.17) is 14.2 Å². The Kier molecular flexibility index (Phi) is 10.3. The molecule has 0 radical (unpaired) electrons. The molecule has 0 amide bonds. The highest BCUT2D eigenvalue weighted by Crippen LogP contribution is 2.25. The van der Waals surface area contributed by atoms with Gasteiger partial charge in [0.15, 0.2) is 5.92 Å². The lowest BCUT2D eigenvalue weighted by Gasteiger charge is -2.24. The van der Waals surface area contributed by atoms with Crippen molar-refractivity contribution < 1.29 is 28.6 Å². The lowest BCUT2D eigenvalue weighted by Crippen LogP contribution is -2.40. The predicted molar refractivity (Wildman–Crippen MR) is 85.5 cm³/mol. The van der Waals surface area contributed by atoms with Gasteiger partial charge in [-0.25, -0.2) is 0 Å². The molecule has 0 aliphatic heterocycles. The molecule has 0 bridgehead atoms. The molecule has 0 aromatic rings. The molecule has 0 aliphatic rings. The zero-order chi connectivity index (χ0) is 18.0. The van der Waals surface area contributed by atoms with Crippen LogP contribution in [0.2, 0.25) is 0 Å². The molecule has 134 valence electrons. The summed E-state index contributed by atoms with van der Waals surface area (Å²) < 4.78 is 15.2. The Balaban J connectivity index is 5.40. The summed E-state index contributed by atoms with van der Waals surface area (Å²) in [5, 5.41) is 0. The summed E-state index contributed by atoms with van der Waals surface area (Å²) in [6, 6.07) is 0. The first-order chi connectivity index (χ1) is 10.7. The molecule has 0 N–H and O–H groups in total. The van der Waals surface area contributed by atoms with Crippen molar-refractivity contribution in [2.75, 3.05) is 19.8 Å². The largest absolute Gasteiger partial charge is 0.466 e. The van der Waals surface area contributed by atoms with E-state index >= 15 is 0 Å². The Morgan fingerprint density at radius 3 is 1.65 bits per heavy atom. The van der Waals surface area contributed by atoms with Crippen LogP contribution in [0.5, 0.6) is 0 Å². The first-order valence-electron chi connectivity index (χ1n) is 8.24. The molecule has 0 aromatic carbocycles. The van der Waals surface area contributed by atoms with E-state index < -0.39 is 29.7 Å². The highest BCUT2D eigenvalue weighted by atomic mass is 16.6. The zero-order valence-corrected chi connectivity index (χ0v) is 15.1. The van der Waals surface area contributed by atoms with Gasteiger partial charge in [0.25, 0.3) is 0 Å². The van der Waals surface area contributed by atoms with E-state index in [1.165, 1.54) is 0 Å². The van der Waals surface area contributed by atoms with Crippen LogP contribution in [0, 0.1) is 23.7 Å². The molecule has 6 heteroatoms. The fourth-order valence-corrected chi connectivity index (χ4v) is 2.12. The van der Waals surface area contributed by atoms with E-state index in [1.54, 1.807) is 13.8 Å². The minimum Gasteiger partial charge on any atom is -0.466 e. The third kappa shape index (κ3) is 8.00. The Morgan fingerprint density at radius 1 is 0.739 bits per heavy atom. The van der Waals surface area contributed by atoms with E-state index in [0.29, 0.717) is 6.42 Å². The Bertz CT molecular complexity index is 389. The van der Waals surface area contributed by atoms with Crippen LogP contribution in [0.4, 0.5) is 0 Å². The van der Waals surface area contributed by atoms with Gasteiger partial charge in [-0.05, 0) is 32.1 Å². The molecule has 0 saturated carbocycles. The van der Waals surface area contributed by atoms with Crippen molar-refractivity contribution in [1.29, 1.82) is 0 Å². The number of esters is 3. The summed E-state index contributed by atoms with van der Waals surface area (Å²) >= 11 is 0. The fourth-order valence-electron chi connectivity index (χ4n) is 2.12. The normalized spacial score (nSPS) is 13.6. The van der Waals surface area contributed by atoms with Crippen molar-refractivity contribution in [3.05, 3.63) is 0 Å². The second-order valence-electron chi connectivity index (χ2n) is 6.24. The maximum absolute atomic E-state index is 12.4. The number of carbonyl (C=O) groups excluding carboxylic acids is 3. The van der Waals surface area contributed by atoms with Gasteiger partial charge in [-0.15, -0.1) is 0 Å². The van der Waals surface area contributed by atoms with Gasteiger partial charge >= 0.3 is 17.9 Å². The maximum Gasteiger partial charge on any atom is 0.321 e. The van der Waals surface area contributed by atoms with Gasteiger partial charge in [0.05, 0.1) is 25.7 Å². The van der Waals surface area contributed by atoms with Crippen LogP contribution in [-0.4, -0.2) is 37.7 Å². The average molecular weight is 330 g/mol. The van der Waals surface area contributed by atoms with Gasteiger partial charge in [0.2, 0.25) is 0 Å². The number of hydrogen-bond acceptors (Lipinski definition) is 6. The predicted octanol–water partition coefficient (Wildman–Crippen LogP) is 2.59. The van der Waals surface area contributed by atoms with Gasteiger partial charge in [-0.1, -0.05) is 27.7 Å². The molecule has 0 aromatic heterocycles. The van der Waals surface area contributed by atoms with Crippen LogP contribution in [-0.2, 0) is 28.6 Å². The first kappa shape index (κ1) is 21.4. The molecular weight excluding hydrogens is 300 g/mol. The van der Waals surface area contributed by atoms with Crippen molar-refractivity contribution >= 4 is 17.9 Å². The maximum atomic E-state index is 12.4. The quantitative estimate of drug-likeness (QED) is 0.348. The summed E-state index contributed by atoms with van der Waals surface area (Å²) in [7, 11) is 0. The first-order valence-corrected chi connectivity index (χ1v) is 8.24. The van der Waals surface area contributed by atoms with Crippen molar-refractivity contribution in [1.82, 2.24) is 0 Å². The van der Waals surface area contributed by atoms with E-state index in [-0.39, 0.29) is 31.7 Å². The standard InChI is InChI=1S/C17H30O6/c1-7-21-15(18)13(9-11(3)4)14(16(19)22-8-2)17(20)23-10-12(5)6/h11-14H,7-10H2,1-6H3. The second kappa shape index (κ2) is 11.0. The fraction of sp³-hybridized carbons (Fsp3) is 0.824. The third-order valence-electron chi connectivity index (χ3n) is 3.07. The van der Waals surface area contributed by atoms with Crippen LogP contribution >= 0.6 is 0 Å². The zero-order valence-electron chi connectivity index (χ0n) is 15.1. The summed E-state index contributed by atoms with van der Waals surface area (Å²) in [6.07, 6.45) is 0.346. The molecule has 6 nitrogen and oxygen atoms in total. The molecular formula is C17H30O6. The Labute approximate surface area is 138 Å². The van der Waals surface area contributed by atoms with Crippen LogP contribution in [0.15, 0.2) is 0 Å². The molecule has 2 unspecified atom stereocenters. The molecule has 0 aliphatic carbocycles. The number of hydrogen-bond donors (Lipinski definition) is 0. The molecule has 23 heavy (non-hydrogen) atoms. The smallest absolute Gasteiger partial charge is 0.321 e. The molecule has 0 fully saturated rings. The SMILES string of the molecule is CCOC(=O)C(CC(C)C)C(C(=O)OCC)C(=O)OCC(C)C. The molecule has 0 spiro atoms. The molecule has 2 atom stereocenters. The molecule has 0 heterocycles. The van der Waals surface area contributed by atoms with E-state index in [2.05, 4.69) is 0 Å². The summed E-state index contributed by atoms with van der Waals surface area (Å²) in [5.74, 6) is -3.97. The lowest BCUT2D eigenvalue weighted by molar-refractivity contribution is -0.172. The van der Waals surface area contributed by atoms with Crippen LogP contribution in [0.3, 0.4) is 0 Å². The minimum absolute atomic E-state index is 0.110. The summed E-state index contributed by atoms with van der Waals surface area (Å²) in [4.78, 5) is 36.8. The monoisotopic (exact) mass is 330 g/mol. The Morgan fingerprint density at radius 2 is 1.22 bits per heavy atom. The summed E-state index contributed by atoms with van der Waals surface area (Å²) in [6.45, 7) is 11.4. The van der Waals surface area contributed by atoms with E-state index in [9.17, 15) is 14.4 Å². The van der Waals surface area contributed by atoms with Crippen molar-refractivity contribution in [2.45, 2.75) is 48.0 Å². The summed E-state index contributed by atoms with van der Waals surface area (Å²) in [5.41, 5.74) is 0. The van der Waals surface area contributed by atoms with Gasteiger partial charge in [0.1, 0.15) is 0 Å². The van der Waals surface area contributed by atoms with Crippen molar-refractivity contribution in [2.24, 2.45) is 23.7 Å². The minimum atomic E-state index is -1.28. The third-order valence-corrected chi connectivity index (χ3v) is 3.07. The topological polar surface area (TPSA) is 78.9 Å². The van der Waals surface area contributed by atoms with Crippen LogP contribution < -0.4 is 0 Å². The average Bonchev–Trinajstić information content (AvgIpc) is 2.44. The second-order valence-corrected chi connectivity index (χ2v) is 6.24. The highest BCUT2D eigenvalue weighted by molar-refractivity contribution is 5.99. The molecule has 0 rings (SSSR count). The van der Waals surface area contributed by atoms with Crippen LogP contribution in [0.25, 0.3) is 0 Å². The van der Waals surface area contributed by atoms with E-state index in [1.807, 2.05) is 27.7 Å². The number of rotatable bonds is 10. The van der Waals surface area contributed by atoms with Crippen molar-refractivity contribution in [3.8, 4) is 0 Å². The van der Waals surface area contributed by atoms with Gasteiger partial charge in [-0.2, -0.15) is 0 Å². The lowest BCUT2D eigenvalue weighted by atomic mass is 9.85. The molecule has 0 saturated heterocycles. The highest BCUT2D eigenvalue weighted by Gasteiger charge is 2.42. The van der Waals surface area contributed by atoms with Crippen LogP contribution in [0.1, 0.15) is 48.0 Å².